The van der Waals surface area contributed by atoms with E-state index in [0.717, 1.165) is 0 Å². The van der Waals surface area contributed by atoms with E-state index >= 15 is 0 Å². The molecule has 80 valence electrons. The maximum Gasteiger partial charge on any atom is 0.325 e. The van der Waals surface area contributed by atoms with Crippen LogP contribution in [0.3, 0.4) is 0 Å². The maximum atomic E-state index is 11.5. The van der Waals surface area contributed by atoms with Gasteiger partial charge in [-0.3, -0.25) is 14.6 Å². The summed E-state index contributed by atoms with van der Waals surface area (Å²) in [6.45, 7) is 3.17. The standard InChI is InChI=1S/C10H12N2O3/c1-6-5-8(3-4-11-6)9(13)12-7(2)10(14)15/h3-5,7H,1-2H3,(H,12,13)(H,14,15). The third-order valence-corrected chi connectivity index (χ3v) is 1.88. The van der Waals surface area contributed by atoms with Gasteiger partial charge in [-0.1, -0.05) is 0 Å². The Morgan fingerprint density at radius 1 is 1.53 bits per heavy atom. The average Bonchev–Trinajstić information content (AvgIpc) is 2.17. The summed E-state index contributed by atoms with van der Waals surface area (Å²) in [4.78, 5) is 26.0. The number of aryl methyl sites for hydroxylation is 1. The zero-order valence-electron chi connectivity index (χ0n) is 8.52. The van der Waals surface area contributed by atoms with Crippen LogP contribution < -0.4 is 5.32 Å². The number of aliphatic carboxylic acids is 1. The fourth-order valence-corrected chi connectivity index (χ4v) is 1.03. The molecule has 0 aliphatic rings. The Kier molecular flexibility index (Phi) is 3.38. The lowest BCUT2D eigenvalue weighted by Crippen LogP contribution is -2.38. The molecule has 1 aromatic rings. The lowest BCUT2D eigenvalue weighted by Gasteiger charge is -2.09. The van der Waals surface area contributed by atoms with Gasteiger partial charge in [0.2, 0.25) is 0 Å². The Labute approximate surface area is 87.1 Å². The van der Waals surface area contributed by atoms with Gasteiger partial charge in [0.15, 0.2) is 0 Å². The zero-order chi connectivity index (χ0) is 11.4. The fourth-order valence-electron chi connectivity index (χ4n) is 1.03. The molecule has 1 aromatic heterocycles. The Balaban J connectivity index is 2.73. The minimum atomic E-state index is -1.06. The second-order valence-corrected chi connectivity index (χ2v) is 3.22. The van der Waals surface area contributed by atoms with Gasteiger partial charge in [0, 0.05) is 17.5 Å². The van der Waals surface area contributed by atoms with Gasteiger partial charge < -0.3 is 10.4 Å². The number of nitrogens with zero attached hydrogens (tertiary/aromatic N) is 1. The number of rotatable bonds is 3. The molecule has 1 rings (SSSR count). The molecule has 15 heavy (non-hydrogen) atoms. The Morgan fingerprint density at radius 2 is 2.20 bits per heavy atom. The van der Waals surface area contributed by atoms with E-state index in [1.165, 1.54) is 19.2 Å². The molecule has 1 amide bonds. The van der Waals surface area contributed by atoms with Crippen LogP contribution in [0, 0.1) is 6.92 Å². The smallest absolute Gasteiger partial charge is 0.325 e. The number of hydrogen-bond acceptors (Lipinski definition) is 3. The van der Waals surface area contributed by atoms with Gasteiger partial charge in [-0.05, 0) is 26.0 Å². The highest BCUT2D eigenvalue weighted by Gasteiger charge is 2.14. The molecule has 0 bridgehead atoms. The Bertz CT molecular complexity index is 390. The first kappa shape index (κ1) is 11.2. The van der Waals surface area contributed by atoms with Gasteiger partial charge in [-0.2, -0.15) is 0 Å². The minimum Gasteiger partial charge on any atom is -0.480 e. The van der Waals surface area contributed by atoms with Gasteiger partial charge in [-0.15, -0.1) is 0 Å². The maximum absolute atomic E-state index is 11.5. The number of carboxylic acid groups (broad SMARTS) is 1. The van der Waals surface area contributed by atoms with Gasteiger partial charge >= 0.3 is 5.97 Å². The summed E-state index contributed by atoms with van der Waals surface area (Å²) < 4.78 is 0. The third kappa shape index (κ3) is 3.05. The van der Waals surface area contributed by atoms with Crippen LogP contribution in [0.2, 0.25) is 0 Å². The number of pyridine rings is 1. The van der Waals surface area contributed by atoms with Gasteiger partial charge in [0.05, 0.1) is 0 Å². The molecule has 5 heteroatoms. The molecular formula is C10H12N2O3. The van der Waals surface area contributed by atoms with E-state index in [1.54, 1.807) is 13.0 Å². The second kappa shape index (κ2) is 4.54. The van der Waals surface area contributed by atoms with Gasteiger partial charge in [-0.25, -0.2) is 0 Å². The largest absolute Gasteiger partial charge is 0.480 e. The number of nitrogens with one attached hydrogen (secondary N) is 1. The molecule has 0 radical (unpaired) electrons. The number of amides is 1. The van der Waals surface area contributed by atoms with E-state index in [-0.39, 0.29) is 0 Å². The topological polar surface area (TPSA) is 79.3 Å². The van der Waals surface area contributed by atoms with Crippen LogP contribution in [0.5, 0.6) is 0 Å². The van der Waals surface area contributed by atoms with Crippen molar-refractivity contribution in [3.8, 4) is 0 Å². The monoisotopic (exact) mass is 208 g/mol. The van der Waals surface area contributed by atoms with Crippen molar-refractivity contribution >= 4 is 11.9 Å². The first-order valence-electron chi connectivity index (χ1n) is 4.47. The number of carbonyl (C=O) groups excluding carboxylic acids is 1. The second-order valence-electron chi connectivity index (χ2n) is 3.22. The summed E-state index contributed by atoms with van der Waals surface area (Å²) in [7, 11) is 0. The molecule has 1 heterocycles. The summed E-state index contributed by atoms with van der Waals surface area (Å²) in [6, 6.07) is 2.24. The molecule has 0 saturated heterocycles. The number of hydrogen-bond donors (Lipinski definition) is 2. The summed E-state index contributed by atoms with van der Waals surface area (Å²) in [5.74, 6) is -1.47. The van der Waals surface area contributed by atoms with Crippen molar-refractivity contribution in [1.82, 2.24) is 10.3 Å². The summed E-state index contributed by atoms with van der Waals surface area (Å²) in [5.41, 5.74) is 1.13. The third-order valence-electron chi connectivity index (χ3n) is 1.88. The van der Waals surface area contributed by atoms with Crippen LogP contribution in [-0.2, 0) is 4.79 Å². The molecule has 0 aliphatic carbocycles. The van der Waals surface area contributed by atoms with Crippen LogP contribution in [0.15, 0.2) is 18.3 Å². The predicted molar refractivity (Wildman–Crippen MR) is 53.5 cm³/mol. The molecule has 1 unspecified atom stereocenters. The molecular weight excluding hydrogens is 196 g/mol. The summed E-state index contributed by atoms with van der Waals surface area (Å²) >= 11 is 0. The SMILES string of the molecule is Cc1cc(C(=O)NC(C)C(=O)O)ccn1. The highest BCUT2D eigenvalue weighted by atomic mass is 16.4. The molecule has 2 N–H and O–H groups in total. The number of aromatic nitrogens is 1. The highest BCUT2D eigenvalue weighted by molar-refractivity contribution is 5.96. The van der Waals surface area contributed by atoms with Crippen LogP contribution >= 0.6 is 0 Å². The van der Waals surface area contributed by atoms with E-state index in [2.05, 4.69) is 10.3 Å². The predicted octanol–water partition coefficient (Wildman–Crippen LogP) is 0.593. The molecule has 0 saturated carbocycles. The normalized spacial score (nSPS) is 11.9. The van der Waals surface area contributed by atoms with Crippen LogP contribution in [0.4, 0.5) is 0 Å². The number of carbonyl (C=O) groups is 2. The first-order chi connectivity index (χ1) is 7.00. The number of carboxylic acids is 1. The Morgan fingerprint density at radius 3 is 2.73 bits per heavy atom. The van der Waals surface area contributed by atoms with Crippen molar-refractivity contribution in [2.45, 2.75) is 19.9 Å². The van der Waals surface area contributed by atoms with Crippen LogP contribution in [-0.4, -0.2) is 28.0 Å². The molecule has 0 spiro atoms. The van der Waals surface area contributed by atoms with Crippen molar-refractivity contribution in [3.05, 3.63) is 29.6 Å². The van der Waals surface area contributed by atoms with E-state index in [4.69, 9.17) is 5.11 Å². The van der Waals surface area contributed by atoms with Gasteiger partial charge in [0.25, 0.3) is 5.91 Å². The fraction of sp³-hybridized carbons (Fsp3) is 0.300. The van der Waals surface area contributed by atoms with Crippen LogP contribution in [0.1, 0.15) is 23.0 Å². The molecule has 0 aliphatic heterocycles. The van der Waals surface area contributed by atoms with Crippen molar-refractivity contribution in [1.29, 1.82) is 0 Å². The lowest BCUT2D eigenvalue weighted by atomic mass is 10.2. The molecule has 5 nitrogen and oxygen atoms in total. The van der Waals surface area contributed by atoms with E-state index < -0.39 is 17.9 Å². The van der Waals surface area contributed by atoms with E-state index in [0.29, 0.717) is 11.3 Å². The van der Waals surface area contributed by atoms with Gasteiger partial charge in [0.1, 0.15) is 6.04 Å². The summed E-state index contributed by atoms with van der Waals surface area (Å²) in [5, 5.41) is 11.0. The van der Waals surface area contributed by atoms with Crippen LogP contribution in [0.25, 0.3) is 0 Å². The van der Waals surface area contributed by atoms with E-state index in [1.807, 2.05) is 0 Å². The average molecular weight is 208 g/mol. The van der Waals surface area contributed by atoms with E-state index in [9.17, 15) is 9.59 Å². The molecule has 1 atom stereocenters. The van der Waals surface area contributed by atoms with Crippen molar-refractivity contribution in [3.63, 3.8) is 0 Å². The quantitative estimate of drug-likeness (QED) is 0.762. The first-order valence-corrected chi connectivity index (χ1v) is 4.47. The van der Waals surface area contributed by atoms with Crippen molar-refractivity contribution in [2.24, 2.45) is 0 Å². The summed E-state index contributed by atoms with van der Waals surface area (Å²) in [6.07, 6.45) is 1.51. The molecule has 0 aromatic carbocycles. The molecule has 0 fully saturated rings. The Hall–Kier alpha value is -1.91. The zero-order valence-corrected chi connectivity index (χ0v) is 8.52. The lowest BCUT2D eigenvalue weighted by molar-refractivity contribution is -0.138. The van der Waals surface area contributed by atoms with Crippen molar-refractivity contribution in [2.75, 3.05) is 0 Å². The minimum absolute atomic E-state index is 0.407. The van der Waals surface area contributed by atoms with Crippen molar-refractivity contribution < 1.29 is 14.7 Å². The highest BCUT2D eigenvalue weighted by Crippen LogP contribution is 2.00.